The van der Waals surface area contributed by atoms with Crippen molar-refractivity contribution in [2.24, 2.45) is 5.92 Å². The molecular weight excluding hydrogens is 369 g/mol. The van der Waals surface area contributed by atoms with E-state index in [0.29, 0.717) is 37.2 Å². The molecule has 2 fully saturated rings. The molecule has 3 rings (SSSR count). The Morgan fingerprint density at radius 1 is 1.07 bits per heavy atom. The number of likely N-dealkylation sites (tertiary alicyclic amines) is 2. The number of carbonyl (C=O) groups excluding carboxylic acids is 2. The molecule has 0 radical (unpaired) electrons. The molecule has 0 aromatic heterocycles. The van der Waals surface area contributed by atoms with Gasteiger partial charge in [-0.25, -0.2) is 4.39 Å². The molecule has 2 atom stereocenters. The molecule has 2 aliphatic rings. The van der Waals surface area contributed by atoms with Gasteiger partial charge in [-0.15, -0.1) is 0 Å². The van der Waals surface area contributed by atoms with Crippen LogP contribution < -0.4 is 5.32 Å². The van der Waals surface area contributed by atoms with E-state index in [4.69, 9.17) is 0 Å². The first kappa shape index (κ1) is 21.8. The molecule has 5 nitrogen and oxygen atoms in total. The maximum atomic E-state index is 13.6. The van der Waals surface area contributed by atoms with Gasteiger partial charge < -0.3 is 10.2 Å². The van der Waals surface area contributed by atoms with Crippen LogP contribution in [0, 0.1) is 11.7 Å². The molecule has 160 valence electrons. The van der Waals surface area contributed by atoms with Gasteiger partial charge in [0.25, 0.3) is 0 Å². The average molecular weight is 404 g/mol. The maximum absolute atomic E-state index is 13.6. The molecule has 0 spiro atoms. The first-order chi connectivity index (χ1) is 14.0. The topological polar surface area (TPSA) is 52.7 Å². The van der Waals surface area contributed by atoms with Gasteiger partial charge >= 0.3 is 0 Å². The molecule has 2 saturated heterocycles. The summed E-state index contributed by atoms with van der Waals surface area (Å²) in [6.45, 7) is 6.73. The van der Waals surface area contributed by atoms with Gasteiger partial charge in [-0.05, 0) is 77.1 Å². The van der Waals surface area contributed by atoms with Crippen LogP contribution in [0.1, 0.15) is 51.5 Å². The highest BCUT2D eigenvalue weighted by atomic mass is 19.1. The summed E-state index contributed by atoms with van der Waals surface area (Å²) < 4.78 is 13.6. The third kappa shape index (κ3) is 5.78. The SMILES string of the molecule is C[C@@H]1CCC[C@@H](C)N1C(=O)CN1CCC(C(=O)NCCc2ccccc2F)CC1. The molecule has 0 saturated carbocycles. The highest BCUT2D eigenvalue weighted by Gasteiger charge is 2.31. The number of amides is 2. The smallest absolute Gasteiger partial charge is 0.237 e. The van der Waals surface area contributed by atoms with Crippen molar-refractivity contribution in [3.63, 3.8) is 0 Å². The fourth-order valence-electron chi connectivity index (χ4n) is 4.70. The van der Waals surface area contributed by atoms with E-state index in [1.54, 1.807) is 12.1 Å². The third-order valence-corrected chi connectivity index (χ3v) is 6.45. The molecule has 1 N–H and O–H groups in total. The summed E-state index contributed by atoms with van der Waals surface area (Å²) in [7, 11) is 0. The molecule has 2 aliphatic heterocycles. The predicted molar refractivity (Wildman–Crippen MR) is 112 cm³/mol. The van der Waals surface area contributed by atoms with Crippen LogP contribution in [0.5, 0.6) is 0 Å². The van der Waals surface area contributed by atoms with Gasteiger partial charge in [-0.3, -0.25) is 14.5 Å². The number of rotatable bonds is 6. The summed E-state index contributed by atoms with van der Waals surface area (Å²) in [5.74, 6) is 0.0231. The lowest BCUT2D eigenvalue weighted by Crippen LogP contribution is -2.52. The van der Waals surface area contributed by atoms with Crippen molar-refractivity contribution in [3.05, 3.63) is 35.6 Å². The molecule has 1 aromatic carbocycles. The fourth-order valence-corrected chi connectivity index (χ4v) is 4.70. The van der Waals surface area contributed by atoms with Gasteiger partial charge in [0.05, 0.1) is 6.54 Å². The number of piperidine rings is 2. The first-order valence-corrected chi connectivity index (χ1v) is 11.0. The largest absolute Gasteiger partial charge is 0.356 e. The van der Waals surface area contributed by atoms with Gasteiger partial charge in [-0.2, -0.15) is 0 Å². The minimum atomic E-state index is -0.225. The first-order valence-electron chi connectivity index (χ1n) is 11.0. The highest BCUT2D eigenvalue weighted by Crippen LogP contribution is 2.24. The molecular formula is C23H34FN3O2. The number of nitrogens with zero attached hydrogens (tertiary/aromatic N) is 2. The van der Waals surface area contributed by atoms with Crippen LogP contribution in [0.4, 0.5) is 4.39 Å². The third-order valence-electron chi connectivity index (χ3n) is 6.45. The van der Waals surface area contributed by atoms with Crippen LogP contribution >= 0.6 is 0 Å². The summed E-state index contributed by atoms with van der Waals surface area (Å²) in [5, 5.41) is 2.95. The Bertz CT molecular complexity index is 693. The molecule has 29 heavy (non-hydrogen) atoms. The second kappa shape index (κ2) is 10.2. The lowest BCUT2D eigenvalue weighted by Gasteiger charge is -2.41. The fraction of sp³-hybridized carbons (Fsp3) is 0.652. The Morgan fingerprint density at radius 2 is 1.72 bits per heavy atom. The Hall–Kier alpha value is -1.95. The normalized spacial score (nSPS) is 23.8. The van der Waals surface area contributed by atoms with Crippen LogP contribution in [-0.2, 0) is 16.0 Å². The minimum absolute atomic E-state index is 0.0187. The Kier molecular flexibility index (Phi) is 7.64. The second-order valence-corrected chi connectivity index (χ2v) is 8.61. The monoisotopic (exact) mass is 403 g/mol. The molecule has 0 unspecified atom stereocenters. The number of halogens is 1. The van der Waals surface area contributed by atoms with E-state index in [0.717, 1.165) is 38.8 Å². The predicted octanol–water partition coefficient (Wildman–Crippen LogP) is 2.99. The van der Waals surface area contributed by atoms with E-state index in [2.05, 4.69) is 29.0 Å². The highest BCUT2D eigenvalue weighted by molar-refractivity contribution is 5.80. The molecule has 2 amide bonds. The summed E-state index contributed by atoms with van der Waals surface area (Å²) in [4.78, 5) is 29.5. The maximum Gasteiger partial charge on any atom is 0.237 e. The summed E-state index contributed by atoms with van der Waals surface area (Å²) >= 11 is 0. The van der Waals surface area contributed by atoms with E-state index in [1.165, 1.54) is 12.5 Å². The van der Waals surface area contributed by atoms with Crippen molar-refractivity contribution in [1.82, 2.24) is 15.1 Å². The second-order valence-electron chi connectivity index (χ2n) is 8.61. The zero-order valence-corrected chi connectivity index (χ0v) is 17.7. The van der Waals surface area contributed by atoms with Crippen molar-refractivity contribution in [3.8, 4) is 0 Å². The van der Waals surface area contributed by atoms with E-state index in [1.807, 2.05) is 6.07 Å². The van der Waals surface area contributed by atoms with E-state index >= 15 is 0 Å². The van der Waals surface area contributed by atoms with Crippen LogP contribution in [0.3, 0.4) is 0 Å². The van der Waals surface area contributed by atoms with Crippen molar-refractivity contribution >= 4 is 11.8 Å². The van der Waals surface area contributed by atoms with E-state index in [-0.39, 0.29) is 23.5 Å². The number of carbonyl (C=O) groups is 2. The van der Waals surface area contributed by atoms with Crippen LogP contribution in [0.25, 0.3) is 0 Å². The Balaban J connectivity index is 1.39. The quantitative estimate of drug-likeness (QED) is 0.795. The van der Waals surface area contributed by atoms with Gasteiger partial charge in [-0.1, -0.05) is 18.2 Å². The zero-order valence-electron chi connectivity index (χ0n) is 17.7. The molecule has 0 bridgehead atoms. The van der Waals surface area contributed by atoms with E-state index < -0.39 is 0 Å². The molecule has 1 aromatic rings. The van der Waals surface area contributed by atoms with Crippen molar-refractivity contribution in [2.45, 2.75) is 64.5 Å². The van der Waals surface area contributed by atoms with Gasteiger partial charge in [0.2, 0.25) is 11.8 Å². The lowest BCUT2D eigenvalue weighted by atomic mass is 9.95. The van der Waals surface area contributed by atoms with Crippen LogP contribution in [0.2, 0.25) is 0 Å². The van der Waals surface area contributed by atoms with Crippen molar-refractivity contribution in [2.75, 3.05) is 26.2 Å². The minimum Gasteiger partial charge on any atom is -0.356 e. The average Bonchev–Trinajstić information content (AvgIpc) is 2.70. The summed E-state index contributed by atoms with van der Waals surface area (Å²) in [5.41, 5.74) is 0.627. The van der Waals surface area contributed by atoms with E-state index in [9.17, 15) is 14.0 Å². The van der Waals surface area contributed by atoms with Crippen molar-refractivity contribution < 1.29 is 14.0 Å². The standard InChI is InChI=1S/C23H34FN3O2/c1-17-6-5-7-18(2)27(17)22(28)16-26-14-11-20(12-15-26)23(29)25-13-10-19-8-3-4-9-21(19)24/h3-4,8-9,17-18,20H,5-7,10-16H2,1-2H3,(H,25,29)/t17-,18-/m1/s1. The lowest BCUT2D eigenvalue weighted by molar-refractivity contribution is -0.139. The number of hydrogen-bond donors (Lipinski definition) is 1. The number of benzene rings is 1. The van der Waals surface area contributed by atoms with Gasteiger partial charge in [0.1, 0.15) is 5.82 Å². The summed E-state index contributed by atoms with van der Waals surface area (Å²) in [6, 6.07) is 7.32. The van der Waals surface area contributed by atoms with Gasteiger partial charge in [0.15, 0.2) is 0 Å². The van der Waals surface area contributed by atoms with Crippen molar-refractivity contribution in [1.29, 1.82) is 0 Å². The summed E-state index contributed by atoms with van der Waals surface area (Å²) in [6.07, 6.45) is 5.41. The molecule has 6 heteroatoms. The Morgan fingerprint density at radius 3 is 2.38 bits per heavy atom. The van der Waals surface area contributed by atoms with Crippen LogP contribution in [0.15, 0.2) is 24.3 Å². The molecule has 2 heterocycles. The number of hydrogen-bond acceptors (Lipinski definition) is 3. The zero-order chi connectivity index (χ0) is 20.8. The van der Waals surface area contributed by atoms with Crippen LogP contribution in [-0.4, -0.2) is 59.9 Å². The number of nitrogens with one attached hydrogen (secondary N) is 1. The van der Waals surface area contributed by atoms with Gasteiger partial charge in [0, 0.05) is 24.5 Å². The molecule has 0 aliphatic carbocycles. The Labute approximate surface area is 173 Å².